The summed E-state index contributed by atoms with van der Waals surface area (Å²) < 4.78 is 0. The number of piperidine rings is 1. The first-order valence-electron chi connectivity index (χ1n) is 8.29. The van der Waals surface area contributed by atoms with E-state index in [-0.39, 0.29) is 0 Å². The van der Waals surface area contributed by atoms with Crippen LogP contribution in [0.4, 0.5) is 5.69 Å². The third-order valence-corrected chi connectivity index (χ3v) is 4.45. The predicted octanol–water partition coefficient (Wildman–Crippen LogP) is 4.12. The van der Waals surface area contributed by atoms with Crippen molar-refractivity contribution in [3.63, 3.8) is 0 Å². The van der Waals surface area contributed by atoms with E-state index in [1.54, 1.807) is 0 Å². The molecule has 1 fully saturated rings. The smallest absolute Gasteiger partial charge is 0.0412 e. The van der Waals surface area contributed by atoms with Crippen molar-refractivity contribution in [3.8, 4) is 0 Å². The Bertz CT molecular complexity index is 406. The zero-order valence-electron chi connectivity index (χ0n) is 13.4. The number of nitrogens with one attached hydrogen (secondary N) is 1. The molecule has 1 aromatic carbocycles. The Hall–Kier alpha value is -1.02. The summed E-state index contributed by atoms with van der Waals surface area (Å²) >= 11 is 0. The molecule has 0 spiro atoms. The number of hydrogen-bond acceptors (Lipinski definition) is 2. The predicted molar refractivity (Wildman–Crippen MR) is 88.4 cm³/mol. The van der Waals surface area contributed by atoms with Crippen LogP contribution >= 0.6 is 0 Å². The maximum Gasteiger partial charge on any atom is 0.0412 e. The second-order valence-corrected chi connectivity index (χ2v) is 6.13. The van der Waals surface area contributed by atoms with Gasteiger partial charge < -0.3 is 10.2 Å². The third-order valence-electron chi connectivity index (χ3n) is 4.45. The second-order valence-electron chi connectivity index (χ2n) is 6.13. The second kappa shape index (κ2) is 7.68. The Morgan fingerprint density at radius 2 is 1.95 bits per heavy atom. The molecule has 1 aliphatic heterocycles. The number of benzene rings is 1. The summed E-state index contributed by atoms with van der Waals surface area (Å²) in [5.41, 5.74) is 4.27. The van der Waals surface area contributed by atoms with Crippen molar-refractivity contribution in [3.05, 3.63) is 29.3 Å². The molecule has 2 nitrogen and oxygen atoms in total. The summed E-state index contributed by atoms with van der Waals surface area (Å²) in [5, 5.41) is 3.47. The molecule has 1 aliphatic rings. The van der Waals surface area contributed by atoms with Crippen LogP contribution in [0.2, 0.25) is 0 Å². The van der Waals surface area contributed by atoms with Crippen LogP contribution in [0.1, 0.15) is 50.7 Å². The minimum Gasteiger partial charge on any atom is -0.371 e. The first-order valence-corrected chi connectivity index (χ1v) is 8.29. The quantitative estimate of drug-likeness (QED) is 0.839. The molecule has 112 valence electrons. The van der Waals surface area contributed by atoms with E-state index >= 15 is 0 Å². The van der Waals surface area contributed by atoms with E-state index < -0.39 is 0 Å². The molecule has 0 radical (unpaired) electrons. The normalized spacial score (nSPS) is 16.6. The molecule has 2 rings (SSSR count). The fraction of sp³-hybridized carbons (Fsp3) is 0.667. The van der Waals surface area contributed by atoms with Crippen molar-refractivity contribution >= 4 is 5.69 Å². The topological polar surface area (TPSA) is 15.3 Å². The van der Waals surface area contributed by atoms with Gasteiger partial charge in [-0.3, -0.25) is 0 Å². The summed E-state index contributed by atoms with van der Waals surface area (Å²) in [7, 11) is 0. The fourth-order valence-electron chi connectivity index (χ4n) is 3.29. The highest BCUT2D eigenvalue weighted by Crippen LogP contribution is 2.29. The molecule has 0 saturated carbocycles. The zero-order chi connectivity index (χ0) is 14.4. The van der Waals surface area contributed by atoms with E-state index in [2.05, 4.69) is 49.2 Å². The molecule has 0 atom stereocenters. The highest BCUT2D eigenvalue weighted by atomic mass is 15.1. The average Bonchev–Trinajstić information content (AvgIpc) is 2.47. The molecular formula is C18H30N2. The molecule has 1 saturated heterocycles. The van der Waals surface area contributed by atoms with Gasteiger partial charge in [-0.25, -0.2) is 0 Å². The Labute approximate surface area is 124 Å². The highest BCUT2D eigenvalue weighted by molar-refractivity contribution is 5.55. The van der Waals surface area contributed by atoms with Crippen molar-refractivity contribution in [2.75, 3.05) is 24.5 Å². The highest BCUT2D eigenvalue weighted by Gasteiger charge is 2.20. The van der Waals surface area contributed by atoms with E-state index in [0.717, 1.165) is 19.0 Å². The Balaban J connectivity index is 2.04. The van der Waals surface area contributed by atoms with Crippen LogP contribution in [0.3, 0.4) is 0 Å². The van der Waals surface area contributed by atoms with Gasteiger partial charge in [-0.15, -0.1) is 0 Å². The lowest BCUT2D eigenvalue weighted by Gasteiger charge is -2.35. The summed E-state index contributed by atoms with van der Waals surface area (Å²) in [5.74, 6) is 0.957. The monoisotopic (exact) mass is 274 g/mol. The molecular weight excluding hydrogens is 244 g/mol. The molecule has 2 heteroatoms. The van der Waals surface area contributed by atoms with Crippen LogP contribution in [0.15, 0.2) is 18.2 Å². The molecule has 0 unspecified atom stereocenters. The summed E-state index contributed by atoms with van der Waals surface area (Å²) in [4.78, 5) is 2.60. The standard InChI is InChI=1S/C18H30N2/c1-4-6-16-9-11-20(12-10-16)18-8-7-15(3)13-17(18)14-19-5-2/h7-8,13,16,19H,4-6,9-12,14H2,1-3H3. The SMILES string of the molecule is CCCC1CCN(c2ccc(C)cc2CNCC)CC1. The van der Waals surface area contributed by atoms with Crippen molar-refractivity contribution in [1.82, 2.24) is 5.32 Å². The Morgan fingerprint density at radius 3 is 2.60 bits per heavy atom. The average molecular weight is 274 g/mol. The number of nitrogens with zero attached hydrogens (tertiary/aromatic N) is 1. The van der Waals surface area contributed by atoms with E-state index in [1.807, 2.05) is 0 Å². The first kappa shape index (κ1) is 15.4. The van der Waals surface area contributed by atoms with E-state index in [0.29, 0.717) is 0 Å². The van der Waals surface area contributed by atoms with Crippen molar-refractivity contribution < 1.29 is 0 Å². The van der Waals surface area contributed by atoms with Gasteiger partial charge in [-0.2, -0.15) is 0 Å². The number of aryl methyl sites for hydroxylation is 1. The first-order chi connectivity index (χ1) is 9.74. The van der Waals surface area contributed by atoms with Gasteiger partial charge in [0.25, 0.3) is 0 Å². The number of hydrogen-bond donors (Lipinski definition) is 1. The minimum atomic E-state index is 0.957. The molecule has 0 bridgehead atoms. The lowest BCUT2D eigenvalue weighted by molar-refractivity contribution is 0.378. The van der Waals surface area contributed by atoms with Crippen LogP contribution in [-0.4, -0.2) is 19.6 Å². The van der Waals surface area contributed by atoms with E-state index in [1.165, 1.54) is 55.6 Å². The maximum atomic E-state index is 3.47. The van der Waals surface area contributed by atoms with E-state index in [4.69, 9.17) is 0 Å². The van der Waals surface area contributed by atoms with Gasteiger partial charge >= 0.3 is 0 Å². The minimum absolute atomic E-state index is 0.957. The molecule has 0 amide bonds. The molecule has 0 aromatic heterocycles. The van der Waals surface area contributed by atoms with Crippen molar-refractivity contribution in [2.24, 2.45) is 5.92 Å². The van der Waals surface area contributed by atoms with Crippen LogP contribution in [-0.2, 0) is 6.54 Å². The lowest BCUT2D eigenvalue weighted by Crippen LogP contribution is -2.34. The van der Waals surface area contributed by atoms with Crippen LogP contribution < -0.4 is 10.2 Å². The lowest BCUT2D eigenvalue weighted by atomic mass is 9.92. The zero-order valence-corrected chi connectivity index (χ0v) is 13.4. The molecule has 0 aliphatic carbocycles. The van der Waals surface area contributed by atoms with Gasteiger partial charge in [0.15, 0.2) is 0 Å². The van der Waals surface area contributed by atoms with Crippen molar-refractivity contribution in [2.45, 2.75) is 53.0 Å². The Kier molecular flexibility index (Phi) is 5.90. The largest absolute Gasteiger partial charge is 0.371 e. The summed E-state index contributed by atoms with van der Waals surface area (Å²) in [6, 6.07) is 6.92. The number of rotatable bonds is 6. The third kappa shape index (κ3) is 3.99. The molecule has 1 N–H and O–H groups in total. The van der Waals surface area contributed by atoms with Crippen LogP contribution in [0, 0.1) is 12.8 Å². The van der Waals surface area contributed by atoms with Crippen molar-refractivity contribution in [1.29, 1.82) is 0 Å². The van der Waals surface area contributed by atoms with Gasteiger partial charge in [-0.05, 0) is 43.9 Å². The molecule has 1 heterocycles. The maximum absolute atomic E-state index is 3.47. The van der Waals surface area contributed by atoms with Crippen LogP contribution in [0.5, 0.6) is 0 Å². The fourth-order valence-corrected chi connectivity index (χ4v) is 3.29. The van der Waals surface area contributed by atoms with Gasteiger partial charge in [0, 0.05) is 25.3 Å². The Morgan fingerprint density at radius 1 is 1.20 bits per heavy atom. The van der Waals surface area contributed by atoms with Gasteiger partial charge in [-0.1, -0.05) is 44.4 Å². The van der Waals surface area contributed by atoms with Gasteiger partial charge in [0.1, 0.15) is 0 Å². The summed E-state index contributed by atoms with van der Waals surface area (Å²) in [6.45, 7) is 11.1. The van der Waals surface area contributed by atoms with Gasteiger partial charge in [0.2, 0.25) is 0 Å². The van der Waals surface area contributed by atoms with Crippen LogP contribution in [0.25, 0.3) is 0 Å². The molecule has 20 heavy (non-hydrogen) atoms. The molecule has 1 aromatic rings. The van der Waals surface area contributed by atoms with Gasteiger partial charge in [0.05, 0.1) is 0 Å². The number of anilines is 1. The van der Waals surface area contributed by atoms with E-state index in [9.17, 15) is 0 Å². The summed E-state index contributed by atoms with van der Waals surface area (Å²) in [6.07, 6.45) is 5.47.